The van der Waals surface area contributed by atoms with E-state index in [2.05, 4.69) is 0 Å². The average molecular weight is 157 g/mol. The molecule has 0 radical (unpaired) electrons. The molecule has 0 aromatic carbocycles. The van der Waals surface area contributed by atoms with Crippen LogP contribution in [0.1, 0.15) is 0 Å². The van der Waals surface area contributed by atoms with Crippen LogP contribution in [0.25, 0.3) is 0 Å². The van der Waals surface area contributed by atoms with Crippen LogP contribution in [0.2, 0.25) is 0 Å². The molecule has 56 valence electrons. The van der Waals surface area contributed by atoms with E-state index in [-0.39, 0.29) is 22.6 Å². The van der Waals surface area contributed by atoms with Gasteiger partial charge in [0.25, 0.3) is 0 Å². The molecule has 0 heterocycles. The van der Waals surface area contributed by atoms with Crippen LogP contribution < -0.4 is 5.73 Å². The highest BCUT2D eigenvalue weighted by molar-refractivity contribution is 6.10. The molecule has 0 saturated heterocycles. The molecule has 0 aliphatic heterocycles. The lowest BCUT2D eigenvalue weighted by Gasteiger charge is -1.99. The fraction of sp³-hybridized carbons (Fsp3) is 0. The Labute approximate surface area is 69.7 Å². The molecule has 1 rings (SSSR count). The summed E-state index contributed by atoms with van der Waals surface area (Å²) in [5, 5.41) is 24.3. The summed E-state index contributed by atoms with van der Waals surface area (Å²) in [6, 6.07) is 3.64. The number of hydrogen-bond acceptors (Lipinski definition) is 4. The summed E-state index contributed by atoms with van der Waals surface area (Å²) in [5.41, 5.74) is 6.10. The van der Waals surface area contributed by atoms with Crippen molar-refractivity contribution in [1.82, 2.24) is 0 Å². The fourth-order valence-electron chi connectivity index (χ4n) is 0.806. The number of nitrogens with two attached hydrogens (primary N) is 1. The van der Waals surface area contributed by atoms with Gasteiger partial charge in [0.15, 0.2) is 34.7 Å². The summed E-state index contributed by atoms with van der Waals surface area (Å²) in [6.07, 6.45) is 2.62. The van der Waals surface area contributed by atoms with Crippen LogP contribution >= 0.6 is 0 Å². The molecule has 0 saturated carbocycles. The van der Waals surface area contributed by atoms with Gasteiger partial charge in [0, 0.05) is 0 Å². The summed E-state index contributed by atoms with van der Waals surface area (Å²) in [5.74, 6) is 0. The molecule has 0 fully saturated rings. The third-order valence-corrected chi connectivity index (χ3v) is 1.43. The Bertz CT molecular complexity index is 373. The topological polar surface area (TPSA) is 97.4 Å². The lowest BCUT2D eigenvalue weighted by Crippen LogP contribution is -2.14. The molecule has 1 aliphatic carbocycles. The van der Waals surface area contributed by atoms with Gasteiger partial charge in [-0.3, -0.25) is 5.41 Å². The summed E-state index contributed by atoms with van der Waals surface area (Å²) < 4.78 is 0. The Morgan fingerprint density at radius 2 is 2.08 bits per heavy atom. The maximum atomic E-state index is 8.53. The summed E-state index contributed by atoms with van der Waals surface area (Å²) in [4.78, 5) is 0. The minimum atomic E-state index is 0.0500. The first-order valence-corrected chi connectivity index (χ1v) is 3.14. The maximum Gasteiger partial charge on any atom is 0.186 e. The number of nitrogens with zero attached hydrogens (tertiary/aromatic N) is 2. The third kappa shape index (κ3) is 1.14. The second-order valence-electron chi connectivity index (χ2n) is 2.21. The summed E-state index contributed by atoms with van der Waals surface area (Å²) in [6.45, 7) is 0. The monoisotopic (exact) mass is 157 g/mol. The Hall–Kier alpha value is -2.20. The molecule has 4 nitrogen and oxygen atoms in total. The number of nitrogens with one attached hydrogen (secondary N) is 1. The summed E-state index contributed by atoms with van der Waals surface area (Å²) >= 11 is 0. The van der Waals surface area contributed by atoms with Gasteiger partial charge in [-0.1, -0.05) is 0 Å². The van der Waals surface area contributed by atoms with Crippen LogP contribution in [0.15, 0.2) is 22.9 Å². The van der Waals surface area contributed by atoms with E-state index in [1.807, 2.05) is 6.07 Å². The van der Waals surface area contributed by atoms with Gasteiger partial charge in [0.1, 0.15) is 0 Å². The van der Waals surface area contributed by atoms with Crippen molar-refractivity contribution in [2.45, 2.75) is 0 Å². The number of hydrogen-bond donors (Lipinski definition) is 2. The van der Waals surface area contributed by atoms with Gasteiger partial charge in [-0.15, -0.1) is 0 Å². The van der Waals surface area contributed by atoms with Gasteiger partial charge >= 0.3 is 0 Å². The molecule has 0 aromatic heterocycles. The maximum absolute atomic E-state index is 8.53. The highest BCUT2D eigenvalue weighted by Gasteiger charge is 2.25. The second-order valence-corrected chi connectivity index (χ2v) is 2.21. The minimum Gasteiger partial charge on any atom is -0.376 e. The van der Waals surface area contributed by atoms with Gasteiger partial charge in [-0.2, -0.15) is 10.5 Å². The predicted octanol–water partition coefficient (Wildman–Crippen LogP) is 0.410. The molecule has 0 atom stereocenters. The van der Waals surface area contributed by atoms with Crippen LogP contribution in [0, 0.1) is 34.5 Å². The van der Waals surface area contributed by atoms with Crippen LogP contribution in [-0.2, 0) is 0 Å². The van der Waals surface area contributed by atoms with Crippen molar-refractivity contribution >= 4 is 5.71 Å². The fourth-order valence-corrected chi connectivity index (χ4v) is 0.806. The van der Waals surface area contributed by atoms with E-state index < -0.39 is 0 Å². The molecule has 0 unspecified atom stereocenters. The molecule has 1 aliphatic rings. The first-order chi connectivity index (χ1) is 5.69. The lowest BCUT2D eigenvalue weighted by atomic mass is 9.96. The van der Waals surface area contributed by atoms with Crippen molar-refractivity contribution in [3.05, 3.63) is 29.3 Å². The van der Waals surface area contributed by atoms with Crippen LogP contribution in [0.4, 0.5) is 0 Å². The van der Waals surface area contributed by atoms with E-state index in [9.17, 15) is 0 Å². The zero-order valence-corrected chi connectivity index (χ0v) is 6.13. The van der Waals surface area contributed by atoms with Crippen LogP contribution in [-0.4, -0.2) is 5.71 Å². The van der Waals surface area contributed by atoms with E-state index in [4.69, 9.17) is 21.7 Å². The first kappa shape index (κ1) is 7.90. The van der Waals surface area contributed by atoms with Crippen molar-refractivity contribution in [1.29, 1.82) is 15.9 Å². The largest absolute Gasteiger partial charge is 0.376 e. The van der Waals surface area contributed by atoms with E-state index in [1.165, 1.54) is 12.5 Å². The number of rotatable bonds is 0. The smallest absolute Gasteiger partial charge is 0.186 e. The van der Waals surface area contributed by atoms with Crippen molar-refractivity contribution < 1.29 is 0 Å². The zero-order valence-electron chi connectivity index (χ0n) is 6.13. The quantitative estimate of drug-likeness (QED) is 0.498. The Morgan fingerprint density at radius 3 is 2.58 bits per heavy atom. The van der Waals surface area contributed by atoms with E-state index in [0.29, 0.717) is 0 Å². The minimum absolute atomic E-state index is 0.0500. The van der Waals surface area contributed by atoms with Crippen LogP contribution in [0.5, 0.6) is 0 Å². The predicted molar refractivity (Wildman–Crippen MR) is 42.5 cm³/mol. The van der Waals surface area contributed by atoms with E-state index in [0.717, 1.165) is 0 Å². The van der Waals surface area contributed by atoms with Crippen molar-refractivity contribution in [2.24, 2.45) is 5.73 Å². The second kappa shape index (κ2) is 2.81. The number of nitriles is 2. The Kier molecular flexibility index (Phi) is 1.85. The molecule has 0 spiro atoms. The first-order valence-electron chi connectivity index (χ1n) is 3.14. The standard InChI is InChI=1S/C8H5N4/c9-3-5-1-6(4-10)8(12)2-7(5)11/h1-2,11H,12H2/q+1. The Morgan fingerprint density at radius 1 is 1.42 bits per heavy atom. The van der Waals surface area contributed by atoms with E-state index in [1.54, 1.807) is 6.07 Å². The average Bonchev–Trinajstić information content (AvgIpc) is 2.05. The third-order valence-electron chi connectivity index (χ3n) is 1.43. The molecule has 4 heteroatoms. The SMILES string of the molecule is N#CC1=CC(C#N)=C(N)[CH+]C1=N. The molecule has 12 heavy (non-hydrogen) atoms. The highest BCUT2D eigenvalue weighted by Crippen LogP contribution is 2.15. The molecule has 0 bridgehead atoms. The molecular weight excluding hydrogens is 152 g/mol. The lowest BCUT2D eigenvalue weighted by molar-refractivity contribution is 1.28. The molecule has 3 N–H and O–H groups in total. The van der Waals surface area contributed by atoms with E-state index >= 15 is 0 Å². The highest BCUT2D eigenvalue weighted by atomic mass is 14.6. The van der Waals surface area contributed by atoms with Gasteiger partial charge in [-0.05, 0) is 0 Å². The molecular formula is C8H5N4+. The van der Waals surface area contributed by atoms with Crippen molar-refractivity contribution in [3.63, 3.8) is 0 Å². The van der Waals surface area contributed by atoms with Gasteiger partial charge in [-0.25, -0.2) is 0 Å². The van der Waals surface area contributed by atoms with Crippen molar-refractivity contribution in [2.75, 3.05) is 0 Å². The zero-order chi connectivity index (χ0) is 9.14. The van der Waals surface area contributed by atoms with Gasteiger partial charge < -0.3 is 5.73 Å². The van der Waals surface area contributed by atoms with Crippen LogP contribution in [0.3, 0.4) is 0 Å². The normalized spacial score (nSPS) is 15.8. The molecule has 0 amide bonds. The van der Waals surface area contributed by atoms with Gasteiger partial charge in [0.05, 0.1) is 12.5 Å². The molecule has 0 aromatic rings. The Balaban J connectivity index is 3.17. The number of allylic oxidation sites excluding steroid dienone is 4. The van der Waals surface area contributed by atoms with Gasteiger partial charge in [0.2, 0.25) is 0 Å². The van der Waals surface area contributed by atoms with Crippen molar-refractivity contribution in [3.8, 4) is 12.1 Å². The summed E-state index contributed by atoms with van der Waals surface area (Å²) in [7, 11) is 0.